The van der Waals surface area contributed by atoms with Gasteiger partial charge in [-0.2, -0.15) is 0 Å². The summed E-state index contributed by atoms with van der Waals surface area (Å²) in [5.74, 6) is 0. The van der Waals surface area contributed by atoms with E-state index in [9.17, 15) is 0 Å². The molecule has 0 amide bonds. The van der Waals surface area contributed by atoms with Crippen LogP contribution in [0.15, 0.2) is 52.5 Å². The van der Waals surface area contributed by atoms with Gasteiger partial charge in [0.25, 0.3) is 0 Å². The number of halogens is 1. The average Bonchev–Trinajstić information content (AvgIpc) is 2.55. The summed E-state index contributed by atoms with van der Waals surface area (Å²) >= 11 is 12.8. The van der Waals surface area contributed by atoms with Gasteiger partial charge in [0, 0.05) is 36.4 Å². The van der Waals surface area contributed by atoms with Crippen LogP contribution in [0.4, 0.5) is 5.69 Å². The van der Waals surface area contributed by atoms with Crippen LogP contribution in [0.1, 0.15) is 6.42 Å². The molecule has 0 aliphatic carbocycles. The zero-order valence-corrected chi connectivity index (χ0v) is 15.1. The fraction of sp³-hybridized carbons (Fsp3) is 0.250. The Hall–Kier alpha value is -1.34. The molecule has 0 radical (unpaired) electrons. The Bertz CT molecular complexity index is 637. The second-order valence-corrected chi connectivity index (χ2v) is 6.55. The van der Waals surface area contributed by atoms with Crippen molar-refractivity contribution in [3.63, 3.8) is 0 Å². The quantitative estimate of drug-likeness (QED) is 0.564. The van der Waals surface area contributed by atoms with Crippen LogP contribution in [-0.2, 0) is 4.74 Å². The molecule has 0 bridgehead atoms. The van der Waals surface area contributed by atoms with Crippen LogP contribution < -0.4 is 10.6 Å². The minimum atomic E-state index is 0.576. The minimum absolute atomic E-state index is 0.576. The van der Waals surface area contributed by atoms with Gasteiger partial charge < -0.3 is 15.4 Å². The number of nitrogens with one attached hydrogen (secondary N) is 2. The van der Waals surface area contributed by atoms with Crippen LogP contribution >= 0.6 is 35.6 Å². The second-order valence-electron chi connectivity index (χ2n) is 4.64. The van der Waals surface area contributed by atoms with E-state index in [4.69, 9.17) is 28.6 Å². The Morgan fingerprint density at radius 3 is 2.83 bits per heavy atom. The number of nitrogens with zero attached hydrogens (tertiary/aromatic N) is 1. The standard InChI is InChI=1S/C16H18ClN3OS2/c1-21-11-3-10-19-16(22)20-14-4-2-9-18-15(14)23-13-7-5-12(17)6-8-13/h2,4-9H,3,10-11H2,1H3,(H2,19,20,22). The van der Waals surface area contributed by atoms with Gasteiger partial charge in [-0.3, -0.25) is 0 Å². The molecule has 1 aromatic carbocycles. The Morgan fingerprint density at radius 1 is 1.30 bits per heavy atom. The van der Waals surface area contributed by atoms with Crippen molar-refractivity contribution in [2.75, 3.05) is 25.6 Å². The van der Waals surface area contributed by atoms with Gasteiger partial charge in [0.1, 0.15) is 5.03 Å². The molecule has 0 spiro atoms. The number of hydrogen-bond donors (Lipinski definition) is 2. The van der Waals surface area contributed by atoms with Crippen molar-refractivity contribution in [3.8, 4) is 0 Å². The Morgan fingerprint density at radius 2 is 2.09 bits per heavy atom. The molecule has 2 aromatic rings. The minimum Gasteiger partial charge on any atom is -0.385 e. The maximum absolute atomic E-state index is 5.91. The Labute approximate surface area is 151 Å². The number of benzene rings is 1. The predicted octanol–water partition coefficient (Wildman–Crippen LogP) is 4.21. The first kappa shape index (κ1) is 18.0. The molecular weight excluding hydrogens is 350 g/mol. The van der Waals surface area contributed by atoms with E-state index in [1.165, 1.54) is 0 Å². The molecule has 2 rings (SSSR count). The van der Waals surface area contributed by atoms with Gasteiger partial charge in [-0.05, 0) is 55.0 Å². The van der Waals surface area contributed by atoms with E-state index < -0.39 is 0 Å². The van der Waals surface area contributed by atoms with Gasteiger partial charge in [-0.15, -0.1) is 0 Å². The van der Waals surface area contributed by atoms with E-state index in [2.05, 4.69) is 15.6 Å². The van der Waals surface area contributed by atoms with Gasteiger partial charge in [-0.1, -0.05) is 23.4 Å². The molecule has 0 aliphatic heterocycles. The molecule has 0 saturated carbocycles. The van der Waals surface area contributed by atoms with Gasteiger partial charge in [0.05, 0.1) is 5.69 Å². The van der Waals surface area contributed by atoms with Gasteiger partial charge in [0.15, 0.2) is 5.11 Å². The molecular formula is C16H18ClN3OS2. The van der Waals surface area contributed by atoms with Gasteiger partial charge in [0.2, 0.25) is 0 Å². The molecule has 4 nitrogen and oxygen atoms in total. The lowest BCUT2D eigenvalue weighted by atomic mass is 10.4. The lowest BCUT2D eigenvalue weighted by Gasteiger charge is -2.13. The predicted molar refractivity (Wildman–Crippen MR) is 101 cm³/mol. The van der Waals surface area contributed by atoms with E-state index in [-0.39, 0.29) is 0 Å². The van der Waals surface area contributed by atoms with E-state index in [0.717, 1.165) is 33.6 Å². The van der Waals surface area contributed by atoms with Crippen LogP contribution in [0, 0.1) is 0 Å². The number of rotatable bonds is 7. The maximum atomic E-state index is 5.91. The third kappa shape index (κ3) is 6.35. The van der Waals surface area contributed by atoms with E-state index in [1.54, 1.807) is 25.1 Å². The number of pyridine rings is 1. The number of thiocarbonyl (C=S) groups is 1. The summed E-state index contributed by atoms with van der Waals surface area (Å²) in [6.07, 6.45) is 2.66. The lowest BCUT2D eigenvalue weighted by molar-refractivity contribution is 0.196. The average molecular weight is 368 g/mol. The Balaban J connectivity index is 1.97. The van der Waals surface area contributed by atoms with Crippen molar-refractivity contribution < 1.29 is 4.74 Å². The third-order valence-electron chi connectivity index (χ3n) is 2.86. The molecule has 7 heteroatoms. The van der Waals surface area contributed by atoms with Crippen molar-refractivity contribution in [3.05, 3.63) is 47.6 Å². The van der Waals surface area contributed by atoms with E-state index >= 15 is 0 Å². The van der Waals surface area contributed by atoms with Gasteiger partial charge in [-0.25, -0.2) is 4.98 Å². The summed E-state index contributed by atoms with van der Waals surface area (Å²) in [5.41, 5.74) is 0.872. The highest BCUT2D eigenvalue weighted by Crippen LogP contribution is 2.31. The number of anilines is 1. The highest BCUT2D eigenvalue weighted by Gasteiger charge is 2.07. The number of methoxy groups -OCH3 is 1. The van der Waals surface area contributed by atoms with Crippen LogP contribution in [0.25, 0.3) is 0 Å². The fourth-order valence-corrected chi connectivity index (χ4v) is 2.94. The zero-order chi connectivity index (χ0) is 16.5. The summed E-state index contributed by atoms with van der Waals surface area (Å²) in [7, 11) is 1.69. The first-order valence-electron chi connectivity index (χ1n) is 7.11. The van der Waals surface area contributed by atoms with Crippen LogP contribution in [0.5, 0.6) is 0 Å². The molecule has 0 unspecified atom stereocenters. The molecule has 2 N–H and O–H groups in total. The Kier molecular flexibility index (Phi) is 7.61. The maximum Gasteiger partial charge on any atom is 0.170 e. The fourth-order valence-electron chi connectivity index (χ4n) is 1.77. The van der Waals surface area contributed by atoms with Crippen molar-refractivity contribution in [1.82, 2.24) is 10.3 Å². The van der Waals surface area contributed by atoms with Gasteiger partial charge >= 0.3 is 0 Å². The topological polar surface area (TPSA) is 46.2 Å². The van der Waals surface area contributed by atoms with Crippen LogP contribution in [0.2, 0.25) is 5.02 Å². The molecule has 1 aromatic heterocycles. The smallest absolute Gasteiger partial charge is 0.170 e. The summed E-state index contributed by atoms with van der Waals surface area (Å²) in [4.78, 5) is 5.48. The van der Waals surface area contributed by atoms with Crippen LogP contribution in [0.3, 0.4) is 0 Å². The monoisotopic (exact) mass is 367 g/mol. The normalized spacial score (nSPS) is 10.3. The molecule has 23 heavy (non-hydrogen) atoms. The molecule has 0 saturated heterocycles. The molecule has 0 atom stereocenters. The number of ether oxygens (including phenoxy) is 1. The molecule has 122 valence electrons. The summed E-state index contributed by atoms with van der Waals surface area (Å²) in [5, 5.41) is 8.49. The van der Waals surface area contributed by atoms with Crippen molar-refractivity contribution in [1.29, 1.82) is 0 Å². The molecule has 1 heterocycles. The SMILES string of the molecule is COCCCNC(=S)Nc1cccnc1Sc1ccc(Cl)cc1. The van der Waals surface area contributed by atoms with Crippen molar-refractivity contribution >= 4 is 46.4 Å². The second kappa shape index (κ2) is 9.72. The first-order chi connectivity index (χ1) is 11.2. The van der Waals surface area contributed by atoms with Crippen molar-refractivity contribution in [2.24, 2.45) is 0 Å². The summed E-state index contributed by atoms with van der Waals surface area (Å²) in [6.45, 7) is 1.47. The molecule has 0 fully saturated rings. The number of aromatic nitrogens is 1. The van der Waals surface area contributed by atoms with Crippen LogP contribution in [-0.4, -0.2) is 30.4 Å². The largest absolute Gasteiger partial charge is 0.385 e. The number of hydrogen-bond acceptors (Lipinski definition) is 4. The molecule has 0 aliphatic rings. The van der Waals surface area contributed by atoms with Crippen molar-refractivity contribution in [2.45, 2.75) is 16.3 Å². The highest BCUT2D eigenvalue weighted by molar-refractivity contribution is 7.99. The van der Waals surface area contributed by atoms with E-state index in [0.29, 0.717) is 11.7 Å². The highest BCUT2D eigenvalue weighted by atomic mass is 35.5. The third-order valence-corrected chi connectivity index (χ3v) is 4.38. The summed E-state index contributed by atoms with van der Waals surface area (Å²) in [6, 6.07) is 11.5. The lowest BCUT2D eigenvalue weighted by Crippen LogP contribution is -2.30. The zero-order valence-electron chi connectivity index (χ0n) is 12.7. The first-order valence-corrected chi connectivity index (χ1v) is 8.71. The van der Waals surface area contributed by atoms with E-state index in [1.807, 2.05) is 36.4 Å². The summed E-state index contributed by atoms with van der Waals surface area (Å²) < 4.78 is 5.01.